The summed E-state index contributed by atoms with van der Waals surface area (Å²) in [7, 11) is 0. The molecular formula is H2AlCeO3+2. The van der Waals surface area contributed by atoms with E-state index in [0.29, 0.717) is 0 Å². The molecule has 0 aromatic carbocycles. The van der Waals surface area contributed by atoms with E-state index < -0.39 is 0 Å². The smallest absolute Gasteiger partial charge is 2.00 e. The van der Waals surface area contributed by atoms with Gasteiger partial charge in [-0.2, -0.15) is 0 Å². The zero-order chi connectivity index (χ0) is 0. The standard InChI is InChI=1S/Al.Ce.H2O.2O/h;;1H2;;/q2*+3;;2*-2. The Morgan fingerprint density at radius 2 is 0.800 bits per heavy atom. The molecule has 0 fully saturated rings. The summed E-state index contributed by atoms with van der Waals surface area (Å²) in [6.45, 7) is 0. The fourth-order valence-electron chi connectivity index (χ4n) is 0. The molecule has 3 nitrogen and oxygen atoms in total. The van der Waals surface area contributed by atoms with Crippen LogP contribution in [0, 0.1) is 41.7 Å². The summed E-state index contributed by atoms with van der Waals surface area (Å²) in [5, 5.41) is 0. The van der Waals surface area contributed by atoms with Gasteiger partial charge in [-0.05, 0) is 0 Å². The second-order valence-electron chi connectivity index (χ2n) is 0. The summed E-state index contributed by atoms with van der Waals surface area (Å²) >= 11 is 0. The number of rotatable bonds is 0. The molecule has 0 spiro atoms. The average molecular weight is 217 g/mol. The molecule has 0 aromatic rings. The minimum atomic E-state index is 0. The summed E-state index contributed by atoms with van der Waals surface area (Å²) in [6, 6.07) is 0. The molecule has 1 radical (unpaired) electrons. The molecule has 0 unspecified atom stereocenters. The molecule has 5 heteroatoms. The summed E-state index contributed by atoms with van der Waals surface area (Å²) in [5.41, 5.74) is 0. The van der Waals surface area contributed by atoms with E-state index >= 15 is 0 Å². The number of hydrogen-bond donors (Lipinski definition) is 0. The summed E-state index contributed by atoms with van der Waals surface area (Å²) < 4.78 is 0. The van der Waals surface area contributed by atoms with Crippen LogP contribution in [-0.2, 0) is 11.0 Å². The predicted octanol–water partition coefficient (Wildman–Crippen LogP) is -1.44. The summed E-state index contributed by atoms with van der Waals surface area (Å²) in [6.07, 6.45) is 0. The largest absolute Gasteiger partial charge is 3.00 e. The van der Waals surface area contributed by atoms with E-state index in [2.05, 4.69) is 0 Å². The first-order chi connectivity index (χ1) is 0. The Morgan fingerprint density at radius 1 is 0.800 bits per heavy atom. The minimum Gasteiger partial charge on any atom is -2.00 e. The zero-order valence-electron chi connectivity index (χ0n) is 2.39. The van der Waals surface area contributed by atoms with E-state index in [0.717, 1.165) is 0 Å². The Balaban J connectivity index is 0. The van der Waals surface area contributed by atoms with Gasteiger partial charge in [0, 0.05) is 0 Å². The van der Waals surface area contributed by atoms with Crippen molar-refractivity contribution in [3.8, 4) is 0 Å². The maximum Gasteiger partial charge on any atom is 3.00 e. The second kappa shape index (κ2) is 41.5. The molecule has 0 aliphatic heterocycles. The zero-order valence-corrected chi connectivity index (χ0v) is 6.69. The van der Waals surface area contributed by atoms with Gasteiger partial charge >= 0.3 is 59.1 Å². The van der Waals surface area contributed by atoms with Gasteiger partial charge in [-0.3, -0.25) is 0 Å². The van der Waals surface area contributed by atoms with E-state index in [-0.39, 0.29) is 75.5 Å². The molecule has 0 saturated carbocycles. The van der Waals surface area contributed by atoms with Crippen LogP contribution in [0.15, 0.2) is 0 Å². The third kappa shape index (κ3) is 26.0. The molecule has 2 N–H and O–H groups in total. The van der Waals surface area contributed by atoms with Gasteiger partial charge in [0.05, 0.1) is 0 Å². The van der Waals surface area contributed by atoms with Gasteiger partial charge < -0.3 is 16.4 Å². The Kier molecular flexibility index (Phi) is 590. The van der Waals surface area contributed by atoms with E-state index in [4.69, 9.17) is 0 Å². The normalized spacial score (nSPS) is 0. The van der Waals surface area contributed by atoms with Crippen LogP contribution in [0.25, 0.3) is 0 Å². The monoisotopic (exact) mass is 217 g/mol. The maximum atomic E-state index is 0. The van der Waals surface area contributed by atoms with Gasteiger partial charge in [0.25, 0.3) is 0 Å². The second-order valence-corrected chi connectivity index (χ2v) is 0. The van der Waals surface area contributed by atoms with Crippen LogP contribution < -0.4 is 0 Å². The summed E-state index contributed by atoms with van der Waals surface area (Å²) in [4.78, 5) is 0. The minimum absolute atomic E-state index is 0. The molecule has 0 bridgehead atoms. The molecule has 0 rings (SSSR count). The van der Waals surface area contributed by atoms with Crippen LogP contribution in [0.2, 0.25) is 0 Å². The van der Waals surface area contributed by atoms with E-state index in [9.17, 15) is 0 Å². The van der Waals surface area contributed by atoms with Crippen molar-refractivity contribution in [3.05, 3.63) is 0 Å². The van der Waals surface area contributed by atoms with Crippen LogP contribution in [0.4, 0.5) is 0 Å². The fourth-order valence-corrected chi connectivity index (χ4v) is 0. The van der Waals surface area contributed by atoms with Crippen molar-refractivity contribution in [2.45, 2.75) is 0 Å². The van der Waals surface area contributed by atoms with Crippen molar-refractivity contribution >= 4 is 17.4 Å². The Morgan fingerprint density at radius 3 is 0.800 bits per heavy atom. The molecule has 0 heterocycles. The topological polar surface area (TPSA) is 88.5 Å². The average Bonchev–Trinajstić information content (AvgIpc) is 0. The van der Waals surface area contributed by atoms with Gasteiger partial charge in [0.1, 0.15) is 0 Å². The van der Waals surface area contributed by atoms with E-state index in [1.54, 1.807) is 0 Å². The van der Waals surface area contributed by atoms with Crippen LogP contribution in [0.3, 0.4) is 0 Å². The summed E-state index contributed by atoms with van der Waals surface area (Å²) in [5.74, 6) is 0. The third-order valence-electron chi connectivity index (χ3n) is 0. The van der Waals surface area contributed by atoms with Gasteiger partial charge in [0.2, 0.25) is 0 Å². The molecule has 25 valence electrons. The number of hydrogen-bond acceptors (Lipinski definition) is 0. The van der Waals surface area contributed by atoms with Crippen molar-refractivity contribution in [3.63, 3.8) is 0 Å². The first-order valence-corrected chi connectivity index (χ1v) is 0. The van der Waals surface area contributed by atoms with Crippen molar-refractivity contribution < 1.29 is 58.2 Å². The first-order valence-electron chi connectivity index (χ1n) is 0. The van der Waals surface area contributed by atoms with Gasteiger partial charge in [0.15, 0.2) is 0 Å². The molecule has 5 heavy (non-hydrogen) atoms. The van der Waals surface area contributed by atoms with E-state index in [1.165, 1.54) is 0 Å². The predicted molar refractivity (Wildman–Crippen MR) is 10.7 cm³/mol. The first kappa shape index (κ1) is 71.1. The van der Waals surface area contributed by atoms with E-state index in [1.807, 2.05) is 0 Å². The van der Waals surface area contributed by atoms with Gasteiger partial charge in [-0.15, -0.1) is 0 Å². The molecular weight excluding hydrogens is 215 g/mol. The van der Waals surface area contributed by atoms with Crippen LogP contribution in [0.1, 0.15) is 0 Å². The van der Waals surface area contributed by atoms with Crippen LogP contribution in [0.5, 0.6) is 0 Å². The molecule has 0 aliphatic rings. The maximum absolute atomic E-state index is 0. The molecule has 0 atom stereocenters. The molecule has 0 aromatic heterocycles. The van der Waals surface area contributed by atoms with Gasteiger partial charge in [-0.1, -0.05) is 0 Å². The molecule has 0 amide bonds. The van der Waals surface area contributed by atoms with Crippen molar-refractivity contribution in [2.24, 2.45) is 0 Å². The van der Waals surface area contributed by atoms with Crippen LogP contribution >= 0.6 is 0 Å². The Bertz CT molecular complexity index is 6.85. The SMILES string of the molecule is O.[Al+3].[Ce+3].[O-2].[O-2]. The quantitative estimate of drug-likeness (QED) is 0.445. The van der Waals surface area contributed by atoms with Gasteiger partial charge in [-0.25, -0.2) is 0 Å². The van der Waals surface area contributed by atoms with Crippen molar-refractivity contribution in [2.75, 3.05) is 0 Å². The Hall–Kier alpha value is 1.79. The van der Waals surface area contributed by atoms with Crippen molar-refractivity contribution in [1.82, 2.24) is 0 Å². The molecule has 0 saturated heterocycles. The van der Waals surface area contributed by atoms with Crippen LogP contribution in [-0.4, -0.2) is 22.8 Å². The Labute approximate surface area is 74.6 Å². The van der Waals surface area contributed by atoms with Crippen molar-refractivity contribution in [1.29, 1.82) is 0 Å². The fraction of sp³-hybridized carbons (Fsp3) is 0. The third-order valence-corrected chi connectivity index (χ3v) is 0. The molecule has 0 aliphatic carbocycles.